The number of fused-ring (bicyclic) bond motifs is 2. The van der Waals surface area contributed by atoms with Crippen molar-refractivity contribution in [3.05, 3.63) is 91.5 Å². The van der Waals surface area contributed by atoms with Crippen LogP contribution in [0.4, 0.5) is 0 Å². The summed E-state index contributed by atoms with van der Waals surface area (Å²) in [5, 5.41) is 0. The summed E-state index contributed by atoms with van der Waals surface area (Å²) < 4.78 is 12.0. The van der Waals surface area contributed by atoms with Crippen molar-refractivity contribution >= 4 is 88.3 Å². The van der Waals surface area contributed by atoms with E-state index in [0.717, 1.165) is 85.9 Å². The number of hydrogen-bond acceptors (Lipinski definition) is 7. The smallest absolute Gasteiger partial charge is 0.116 e. The van der Waals surface area contributed by atoms with E-state index in [0.29, 0.717) is 0 Å². The van der Waals surface area contributed by atoms with Crippen molar-refractivity contribution in [1.29, 1.82) is 0 Å². The van der Waals surface area contributed by atoms with Gasteiger partial charge < -0.3 is 0 Å². The van der Waals surface area contributed by atoms with Gasteiger partial charge in [0.1, 0.15) is 22.1 Å². The summed E-state index contributed by atoms with van der Waals surface area (Å²) in [6.45, 7) is 4.59. The Bertz CT molecular complexity index is 2230. The number of nitrogens with zero attached hydrogens (tertiary/aromatic N) is 4. The number of hydrogen-bond donors (Lipinski definition) is 0. The highest BCUT2D eigenvalue weighted by Crippen LogP contribution is 2.47. The quantitative estimate of drug-likeness (QED) is 0.0507. The van der Waals surface area contributed by atoms with E-state index in [4.69, 9.17) is 18.7 Å². The maximum Gasteiger partial charge on any atom is 0.116 e. The van der Waals surface area contributed by atoms with Crippen LogP contribution in [0.3, 0.4) is 0 Å². The van der Waals surface area contributed by atoms with E-state index in [2.05, 4.69) is 119 Å². The van der Waals surface area contributed by atoms with Crippen molar-refractivity contribution in [2.75, 3.05) is 0 Å². The van der Waals surface area contributed by atoms with Gasteiger partial charge in [-0.1, -0.05) is 178 Å². The monoisotopic (exact) mass is 996 g/mol. The van der Waals surface area contributed by atoms with Crippen LogP contribution in [0.5, 0.6) is 0 Å². The lowest BCUT2D eigenvalue weighted by atomic mass is 9.97. The van der Waals surface area contributed by atoms with Gasteiger partial charge in [-0.2, -0.15) is 8.75 Å². The minimum Gasteiger partial charge on any atom is -0.243 e. The Balaban J connectivity index is 1.17. The molecular formula is C52H62Br2N4S3. The third-order valence-electron chi connectivity index (χ3n) is 12.1. The molecule has 7 aromatic rings. The molecule has 9 heteroatoms. The number of unbranched alkanes of at least 4 members (excludes halogenated alkanes) is 18. The Morgan fingerprint density at radius 3 is 1.07 bits per heavy atom. The topological polar surface area (TPSA) is 51.6 Å². The Morgan fingerprint density at radius 1 is 0.393 bits per heavy atom. The van der Waals surface area contributed by atoms with Gasteiger partial charge in [0.25, 0.3) is 0 Å². The van der Waals surface area contributed by atoms with Crippen LogP contribution in [0.2, 0.25) is 0 Å². The minimum absolute atomic E-state index is 0.861. The molecule has 4 nitrogen and oxygen atoms in total. The number of aryl methyl sites for hydroxylation is 2. The highest BCUT2D eigenvalue weighted by molar-refractivity contribution is 9.11. The standard InChI is InChI=1S/C52H62Br2N4S3/c1-3-5-7-9-11-13-15-17-19-21-23-37-25-29-39(30-26-37)47-48(40-31-27-38(28-32-40)24-22-20-18-16-14-12-10-8-6-4-2)56-50-46(42-34-36-44(54)60-42)52-51(57-61-58-52)45(49(50)55-47)41-33-35-43(53)59-41/h25-36H,3-24H2,1-2H3. The van der Waals surface area contributed by atoms with Gasteiger partial charge in [-0.3, -0.25) is 0 Å². The summed E-state index contributed by atoms with van der Waals surface area (Å²) in [4.78, 5) is 13.6. The first-order chi connectivity index (χ1) is 30.0. The second-order valence-electron chi connectivity index (χ2n) is 16.8. The molecule has 0 aliphatic carbocycles. The molecule has 61 heavy (non-hydrogen) atoms. The molecule has 4 aromatic heterocycles. The lowest BCUT2D eigenvalue weighted by Gasteiger charge is -2.16. The summed E-state index contributed by atoms with van der Waals surface area (Å²) >= 11 is 12.1. The molecule has 0 saturated carbocycles. The predicted molar refractivity (Wildman–Crippen MR) is 275 cm³/mol. The van der Waals surface area contributed by atoms with Gasteiger partial charge in [0, 0.05) is 32.0 Å². The second kappa shape index (κ2) is 24.3. The highest BCUT2D eigenvalue weighted by Gasteiger charge is 2.26. The fraction of sp³-hybridized carbons (Fsp3) is 0.462. The molecule has 0 amide bonds. The zero-order valence-corrected chi connectivity index (χ0v) is 41.9. The minimum atomic E-state index is 0.861. The van der Waals surface area contributed by atoms with E-state index in [9.17, 15) is 0 Å². The van der Waals surface area contributed by atoms with Gasteiger partial charge >= 0.3 is 0 Å². The Hall–Kier alpha value is -2.82. The lowest BCUT2D eigenvalue weighted by molar-refractivity contribution is 0.556. The van der Waals surface area contributed by atoms with Crippen LogP contribution in [0, 0.1) is 0 Å². The first-order valence-electron chi connectivity index (χ1n) is 23.2. The van der Waals surface area contributed by atoms with Gasteiger partial charge in [0.05, 0.1) is 30.7 Å². The predicted octanol–water partition coefficient (Wildman–Crippen LogP) is 18.9. The summed E-state index contributed by atoms with van der Waals surface area (Å²) in [5.74, 6) is 0. The molecular weight excluding hydrogens is 937 g/mol. The second-order valence-corrected chi connectivity index (χ2v) is 22.2. The maximum absolute atomic E-state index is 5.67. The van der Waals surface area contributed by atoms with Gasteiger partial charge in [-0.15, -0.1) is 22.7 Å². The molecule has 322 valence electrons. The van der Waals surface area contributed by atoms with E-state index >= 15 is 0 Å². The molecule has 0 radical (unpaired) electrons. The van der Waals surface area contributed by atoms with Crippen LogP contribution in [-0.4, -0.2) is 18.7 Å². The van der Waals surface area contributed by atoms with Crippen molar-refractivity contribution in [2.45, 2.75) is 155 Å². The Kier molecular flexibility index (Phi) is 18.4. The van der Waals surface area contributed by atoms with E-state index in [1.54, 1.807) is 22.7 Å². The molecule has 4 heterocycles. The van der Waals surface area contributed by atoms with Crippen LogP contribution < -0.4 is 0 Å². The summed E-state index contributed by atoms with van der Waals surface area (Å²) in [6.07, 6.45) is 29.3. The molecule has 0 atom stereocenters. The fourth-order valence-electron chi connectivity index (χ4n) is 8.58. The van der Waals surface area contributed by atoms with Gasteiger partial charge in [-0.05, 0) is 92.9 Å². The third-order valence-corrected chi connectivity index (χ3v) is 15.9. The van der Waals surface area contributed by atoms with E-state index in [1.807, 2.05) is 0 Å². The summed E-state index contributed by atoms with van der Waals surface area (Å²) in [5.41, 5.74) is 12.2. The van der Waals surface area contributed by atoms with E-state index in [-0.39, 0.29) is 0 Å². The largest absolute Gasteiger partial charge is 0.243 e. The highest BCUT2D eigenvalue weighted by atomic mass is 79.9. The van der Waals surface area contributed by atoms with E-state index in [1.165, 1.54) is 151 Å². The van der Waals surface area contributed by atoms with Gasteiger partial charge in [-0.25, -0.2) is 9.97 Å². The molecule has 0 N–H and O–H groups in total. The molecule has 0 aliphatic rings. The normalized spacial score (nSPS) is 11.7. The first-order valence-corrected chi connectivity index (χ1v) is 27.2. The SMILES string of the molecule is CCCCCCCCCCCCc1ccc(-c2nc3c(-c4ccc(Br)s4)c4nsnc4c(-c4ccc(Br)s4)c3nc2-c2ccc(CCCCCCCCCCCC)cc2)cc1. The summed E-state index contributed by atoms with van der Waals surface area (Å²) in [6, 6.07) is 26.9. The number of thiophene rings is 2. The molecule has 0 fully saturated rings. The maximum atomic E-state index is 5.67. The molecule has 3 aromatic carbocycles. The third kappa shape index (κ3) is 12.7. The Morgan fingerprint density at radius 2 is 0.738 bits per heavy atom. The average molecular weight is 999 g/mol. The van der Waals surface area contributed by atoms with Crippen LogP contribution in [0.1, 0.15) is 153 Å². The fourth-order valence-corrected chi connectivity index (χ4v) is 12.0. The molecule has 0 aliphatic heterocycles. The molecule has 0 bridgehead atoms. The molecule has 0 saturated heterocycles. The van der Waals surface area contributed by atoms with Crippen LogP contribution >= 0.6 is 66.3 Å². The number of halogens is 2. The lowest BCUT2D eigenvalue weighted by Crippen LogP contribution is -2.00. The van der Waals surface area contributed by atoms with Crippen molar-refractivity contribution in [3.8, 4) is 43.4 Å². The number of aromatic nitrogens is 4. The van der Waals surface area contributed by atoms with Crippen LogP contribution in [0.25, 0.3) is 65.5 Å². The van der Waals surface area contributed by atoms with Crippen molar-refractivity contribution in [1.82, 2.24) is 18.7 Å². The van der Waals surface area contributed by atoms with Crippen molar-refractivity contribution in [2.24, 2.45) is 0 Å². The molecule has 0 unspecified atom stereocenters. The number of rotatable bonds is 26. The Labute approximate surface area is 394 Å². The van der Waals surface area contributed by atoms with Crippen molar-refractivity contribution < 1.29 is 0 Å². The van der Waals surface area contributed by atoms with Gasteiger partial charge in [0.15, 0.2) is 0 Å². The van der Waals surface area contributed by atoms with E-state index < -0.39 is 0 Å². The number of benzene rings is 3. The zero-order valence-electron chi connectivity index (χ0n) is 36.3. The van der Waals surface area contributed by atoms with Crippen LogP contribution in [-0.2, 0) is 12.8 Å². The van der Waals surface area contributed by atoms with Gasteiger partial charge in [0.2, 0.25) is 0 Å². The molecule has 7 rings (SSSR count). The zero-order chi connectivity index (χ0) is 42.2. The first kappa shape index (κ1) is 46.2. The van der Waals surface area contributed by atoms with Crippen molar-refractivity contribution in [3.63, 3.8) is 0 Å². The van der Waals surface area contributed by atoms with Crippen LogP contribution in [0.15, 0.2) is 80.4 Å². The summed E-state index contributed by atoms with van der Waals surface area (Å²) in [7, 11) is 0. The molecule has 0 spiro atoms. The average Bonchev–Trinajstić information content (AvgIpc) is 4.06.